The van der Waals surface area contributed by atoms with E-state index in [0.717, 1.165) is 37.7 Å². The SMILES string of the molecule is CCc1ccc([C@H](C)NC(=O)C2(c3ccccc3)CCCC2)cc1. The standard InChI is InChI=1S/C22H27NO/c1-3-18-11-13-19(14-12-18)17(2)23-21(24)22(15-7-8-16-22)20-9-5-4-6-10-20/h4-6,9-14,17H,3,7-8,15-16H2,1-2H3,(H,23,24)/t17-/m0/s1. The molecule has 2 aromatic rings. The molecule has 0 spiro atoms. The second-order valence-electron chi connectivity index (χ2n) is 6.95. The summed E-state index contributed by atoms with van der Waals surface area (Å²) in [6.07, 6.45) is 5.19. The Morgan fingerprint density at radius 3 is 2.25 bits per heavy atom. The Balaban J connectivity index is 1.78. The van der Waals surface area contributed by atoms with Crippen LogP contribution in [0.25, 0.3) is 0 Å². The van der Waals surface area contributed by atoms with Crippen LogP contribution < -0.4 is 5.32 Å². The minimum atomic E-state index is -0.348. The summed E-state index contributed by atoms with van der Waals surface area (Å²) in [4.78, 5) is 13.2. The summed E-state index contributed by atoms with van der Waals surface area (Å²) in [6.45, 7) is 4.23. The lowest BCUT2D eigenvalue weighted by Gasteiger charge is -2.30. The van der Waals surface area contributed by atoms with Crippen molar-refractivity contribution in [2.24, 2.45) is 0 Å². The number of hydrogen-bond donors (Lipinski definition) is 1. The molecule has 0 saturated heterocycles. The molecule has 1 N–H and O–H groups in total. The fourth-order valence-electron chi connectivity index (χ4n) is 3.84. The largest absolute Gasteiger partial charge is 0.349 e. The number of carbonyl (C=O) groups is 1. The number of hydrogen-bond acceptors (Lipinski definition) is 1. The Hall–Kier alpha value is -2.09. The molecule has 1 saturated carbocycles. The summed E-state index contributed by atoms with van der Waals surface area (Å²) in [5.41, 5.74) is 3.31. The first-order valence-corrected chi connectivity index (χ1v) is 9.11. The van der Waals surface area contributed by atoms with Crippen molar-refractivity contribution in [2.45, 2.75) is 57.4 Å². The molecule has 0 unspecified atom stereocenters. The number of aryl methyl sites for hydroxylation is 1. The van der Waals surface area contributed by atoms with Gasteiger partial charge in [0, 0.05) is 0 Å². The van der Waals surface area contributed by atoms with Gasteiger partial charge >= 0.3 is 0 Å². The van der Waals surface area contributed by atoms with Crippen LogP contribution in [0.4, 0.5) is 0 Å². The lowest BCUT2D eigenvalue weighted by Crippen LogP contribution is -2.43. The Morgan fingerprint density at radius 2 is 1.67 bits per heavy atom. The molecule has 0 heterocycles. The molecule has 1 amide bonds. The lowest BCUT2D eigenvalue weighted by molar-refractivity contribution is -0.127. The van der Waals surface area contributed by atoms with Gasteiger partial charge in [-0.05, 0) is 42.9 Å². The summed E-state index contributed by atoms with van der Waals surface area (Å²) >= 11 is 0. The molecule has 2 aromatic carbocycles. The van der Waals surface area contributed by atoms with E-state index in [4.69, 9.17) is 0 Å². The van der Waals surface area contributed by atoms with Crippen LogP contribution in [0.15, 0.2) is 54.6 Å². The molecular weight excluding hydrogens is 294 g/mol. The number of benzene rings is 2. The third-order valence-electron chi connectivity index (χ3n) is 5.45. The average Bonchev–Trinajstić information content (AvgIpc) is 3.13. The molecule has 1 fully saturated rings. The van der Waals surface area contributed by atoms with Crippen molar-refractivity contribution in [2.75, 3.05) is 0 Å². The Morgan fingerprint density at radius 1 is 1.04 bits per heavy atom. The van der Waals surface area contributed by atoms with Gasteiger partial charge in [0.1, 0.15) is 0 Å². The van der Waals surface area contributed by atoms with Crippen LogP contribution >= 0.6 is 0 Å². The highest BCUT2D eigenvalue weighted by atomic mass is 16.2. The van der Waals surface area contributed by atoms with Crippen molar-refractivity contribution in [1.29, 1.82) is 0 Å². The van der Waals surface area contributed by atoms with E-state index in [-0.39, 0.29) is 17.4 Å². The third kappa shape index (κ3) is 3.24. The van der Waals surface area contributed by atoms with Crippen LogP contribution in [0, 0.1) is 0 Å². The molecule has 0 radical (unpaired) electrons. The van der Waals surface area contributed by atoms with E-state index in [2.05, 4.69) is 55.6 Å². The number of rotatable bonds is 5. The fourth-order valence-corrected chi connectivity index (χ4v) is 3.84. The van der Waals surface area contributed by atoms with Gasteiger partial charge in [-0.25, -0.2) is 0 Å². The number of amides is 1. The first-order chi connectivity index (χ1) is 11.7. The third-order valence-corrected chi connectivity index (χ3v) is 5.45. The minimum absolute atomic E-state index is 0.0320. The van der Waals surface area contributed by atoms with Gasteiger partial charge in [-0.15, -0.1) is 0 Å². The molecule has 0 aromatic heterocycles. The van der Waals surface area contributed by atoms with Crippen molar-refractivity contribution < 1.29 is 4.79 Å². The molecule has 1 atom stereocenters. The summed E-state index contributed by atoms with van der Waals surface area (Å²) in [5, 5.41) is 3.28. The van der Waals surface area contributed by atoms with E-state index in [1.54, 1.807) is 0 Å². The molecule has 2 nitrogen and oxygen atoms in total. The lowest BCUT2D eigenvalue weighted by atomic mass is 9.77. The summed E-state index contributed by atoms with van der Waals surface area (Å²) in [6, 6.07) is 18.9. The second kappa shape index (κ2) is 7.21. The summed E-state index contributed by atoms with van der Waals surface area (Å²) in [7, 11) is 0. The van der Waals surface area contributed by atoms with Crippen LogP contribution in [-0.4, -0.2) is 5.91 Å². The molecule has 0 aliphatic heterocycles. The van der Waals surface area contributed by atoms with E-state index >= 15 is 0 Å². The highest BCUT2D eigenvalue weighted by molar-refractivity contribution is 5.88. The molecule has 1 aliphatic carbocycles. The molecule has 0 bridgehead atoms. The zero-order chi connectivity index (χ0) is 17.0. The summed E-state index contributed by atoms with van der Waals surface area (Å²) < 4.78 is 0. The normalized spacial score (nSPS) is 17.4. The molecule has 3 rings (SSSR count). The highest BCUT2D eigenvalue weighted by Crippen LogP contribution is 2.41. The molecule has 1 aliphatic rings. The first-order valence-electron chi connectivity index (χ1n) is 9.11. The van der Waals surface area contributed by atoms with Gasteiger partial charge < -0.3 is 5.32 Å². The van der Waals surface area contributed by atoms with Gasteiger partial charge in [0.05, 0.1) is 11.5 Å². The number of nitrogens with one attached hydrogen (secondary N) is 1. The fraction of sp³-hybridized carbons (Fsp3) is 0.409. The second-order valence-corrected chi connectivity index (χ2v) is 6.95. The van der Waals surface area contributed by atoms with Gasteiger partial charge in [0.25, 0.3) is 0 Å². The van der Waals surface area contributed by atoms with Crippen LogP contribution in [0.1, 0.15) is 62.3 Å². The maximum absolute atomic E-state index is 13.2. The van der Waals surface area contributed by atoms with Crippen LogP contribution in [0.2, 0.25) is 0 Å². The van der Waals surface area contributed by atoms with Crippen LogP contribution in [0.3, 0.4) is 0 Å². The van der Waals surface area contributed by atoms with Gasteiger partial charge in [0.15, 0.2) is 0 Å². The van der Waals surface area contributed by atoms with Crippen molar-refractivity contribution in [3.63, 3.8) is 0 Å². The summed E-state index contributed by atoms with van der Waals surface area (Å²) in [5.74, 6) is 0.179. The number of carbonyl (C=O) groups excluding carboxylic acids is 1. The van der Waals surface area contributed by atoms with Gasteiger partial charge in [-0.3, -0.25) is 4.79 Å². The Labute approximate surface area is 145 Å². The van der Waals surface area contributed by atoms with Gasteiger partial charge in [-0.2, -0.15) is 0 Å². The highest BCUT2D eigenvalue weighted by Gasteiger charge is 2.42. The molecular formula is C22H27NO. The first kappa shape index (κ1) is 16.8. The minimum Gasteiger partial charge on any atom is -0.349 e. The maximum Gasteiger partial charge on any atom is 0.231 e. The van der Waals surface area contributed by atoms with Gasteiger partial charge in [-0.1, -0.05) is 74.4 Å². The molecule has 24 heavy (non-hydrogen) atoms. The van der Waals surface area contributed by atoms with Crippen LogP contribution in [-0.2, 0) is 16.6 Å². The van der Waals surface area contributed by atoms with Gasteiger partial charge in [0.2, 0.25) is 5.91 Å². The van der Waals surface area contributed by atoms with E-state index in [9.17, 15) is 4.79 Å². The van der Waals surface area contributed by atoms with E-state index in [1.807, 2.05) is 18.2 Å². The molecule has 126 valence electrons. The van der Waals surface area contributed by atoms with Crippen molar-refractivity contribution in [1.82, 2.24) is 5.32 Å². The van der Waals surface area contributed by atoms with Crippen molar-refractivity contribution >= 4 is 5.91 Å². The quantitative estimate of drug-likeness (QED) is 0.830. The van der Waals surface area contributed by atoms with E-state index in [0.29, 0.717) is 0 Å². The average molecular weight is 321 g/mol. The maximum atomic E-state index is 13.2. The zero-order valence-corrected chi connectivity index (χ0v) is 14.7. The van der Waals surface area contributed by atoms with Crippen LogP contribution in [0.5, 0.6) is 0 Å². The van der Waals surface area contributed by atoms with E-state index in [1.165, 1.54) is 11.1 Å². The topological polar surface area (TPSA) is 29.1 Å². The Kier molecular flexibility index (Phi) is 5.03. The van der Waals surface area contributed by atoms with Crippen molar-refractivity contribution in [3.05, 3.63) is 71.3 Å². The smallest absolute Gasteiger partial charge is 0.231 e. The van der Waals surface area contributed by atoms with Crippen molar-refractivity contribution in [3.8, 4) is 0 Å². The predicted molar refractivity (Wildman–Crippen MR) is 99.0 cm³/mol. The monoisotopic (exact) mass is 321 g/mol. The molecule has 2 heteroatoms. The Bertz CT molecular complexity index is 669. The van der Waals surface area contributed by atoms with E-state index < -0.39 is 0 Å². The zero-order valence-electron chi connectivity index (χ0n) is 14.7. The predicted octanol–water partition coefficient (Wildman–Crippen LogP) is 4.94.